The van der Waals surface area contributed by atoms with Crippen molar-refractivity contribution in [2.24, 2.45) is 0 Å². The first-order valence-electron chi connectivity index (χ1n) is 8.50. The topological polar surface area (TPSA) is 71.2 Å². The van der Waals surface area contributed by atoms with E-state index in [1.54, 1.807) is 10.9 Å². The molecule has 24 heavy (non-hydrogen) atoms. The summed E-state index contributed by atoms with van der Waals surface area (Å²) < 4.78 is 1.62. The quantitative estimate of drug-likeness (QED) is 0.879. The Hall–Kier alpha value is -2.21. The molecule has 0 radical (unpaired) electrons. The number of aryl methyl sites for hydroxylation is 1. The van der Waals surface area contributed by atoms with Crippen LogP contribution in [0.4, 0.5) is 0 Å². The number of hydrogen-bond acceptors (Lipinski definition) is 4. The van der Waals surface area contributed by atoms with Gasteiger partial charge in [0.05, 0.1) is 0 Å². The van der Waals surface area contributed by atoms with Crippen molar-refractivity contribution in [2.75, 3.05) is 19.6 Å². The highest BCUT2D eigenvalue weighted by atomic mass is 16.4. The third-order valence-electron chi connectivity index (χ3n) is 4.59. The molecule has 2 aromatic rings. The van der Waals surface area contributed by atoms with Crippen molar-refractivity contribution in [2.45, 2.75) is 38.6 Å². The predicted molar refractivity (Wildman–Crippen MR) is 91.0 cm³/mol. The van der Waals surface area contributed by atoms with Crippen LogP contribution in [0.15, 0.2) is 30.5 Å². The highest BCUT2D eigenvalue weighted by molar-refractivity contribution is 5.66. The maximum absolute atomic E-state index is 11.0. The summed E-state index contributed by atoms with van der Waals surface area (Å²) in [7, 11) is 0. The standard InChI is InChI=1S/C18H24N4O2/c1-14-4-2-6-16(20-14)8-11-21-10-3-5-15(12-21)17-7-9-19-22(17)13-18(23)24/h2,4,6-7,9,15H,3,5,8,10-13H2,1H3,(H,23,24)/t15-/m1/s1. The molecule has 0 unspecified atom stereocenters. The molecule has 3 rings (SSSR count). The molecule has 1 atom stereocenters. The third kappa shape index (κ3) is 4.20. The van der Waals surface area contributed by atoms with Crippen molar-refractivity contribution in [3.05, 3.63) is 47.5 Å². The summed E-state index contributed by atoms with van der Waals surface area (Å²) in [6.45, 7) is 4.99. The zero-order chi connectivity index (χ0) is 16.9. The van der Waals surface area contributed by atoms with E-state index in [0.29, 0.717) is 5.92 Å². The number of piperidine rings is 1. The molecule has 1 N–H and O–H groups in total. The highest BCUT2D eigenvalue weighted by Crippen LogP contribution is 2.26. The maximum Gasteiger partial charge on any atom is 0.325 e. The number of pyridine rings is 1. The van der Waals surface area contributed by atoms with Gasteiger partial charge in [-0.2, -0.15) is 5.10 Å². The molecule has 0 amide bonds. The molecular weight excluding hydrogens is 304 g/mol. The van der Waals surface area contributed by atoms with Crippen LogP contribution in [0.5, 0.6) is 0 Å². The number of carboxylic acids is 1. The van der Waals surface area contributed by atoms with E-state index < -0.39 is 5.97 Å². The van der Waals surface area contributed by atoms with E-state index in [9.17, 15) is 4.79 Å². The van der Waals surface area contributed by atoms with E-state index >= 15 is 0 Å². The second-order valence-corrected chi connectivity index (χ2v) is 6.47. The van der Waals surface area contributed by atoms with Gasteiger partial charge >= 0.3 is 5.97 Å². The first-order chi connectivity index (χ1) is 11.6. The first-order valence-corrected chi connectivity index (χ1v) is 8.50. The summed E-state index contributed by atoms with van der Waals surface area (Å²) in [5.41, 5.74) is 3.23. The van der Waals surface area contributed by atoms with Crippen LogP contribution in [0.25, 0.3) is 0 Å². The lowest BCUT2D eigenvalue weighted by Gasteiger charge is -2.32. The first kappa shape index (κ1) is 16.6. The van der Waals surface area contributed by atoms with Crippen LogP contribution in [-0.2, 0) is 17.8 Å². The van der Waals surface area contributed by atoms with Crippen molar-refractivity contribution in [1.82, 2.24) is 19.7 Å². The molecule has 0 spiro atoms. The van der Waals surface area contributed by atoms with Gasteiger partial charge in [0.15, 0.2) is 0 Å². The molecule has 0 aliphatic carbocycles. The van der Waals surface area contributed by atoms with Crippen molar-refractivity contribution < 1.29 is 9.90 Å². The molecule has 1 aliphatic heterocycles. The fraction of sp³-hybridized carbons (Fsp3) is 0.500. The molecule has 6 heteroatoms. The highest BCUT2D eigenvalue weighted by Gasteiger charge is 2.24. The fourth-order valence-electron chi connectivity index (χ4n) is 3.46. The van der Waals surface area contributed by atoms with Crippen LogP contribution in [0, 0.1) is 6.92 Å². The summed E-state index contributed by atoms with van der Waals surface area (Å²) in [6.07, 6.45) is 4.87. The van der Waals surface area contributed by atoms with Crippen LogP contribution < -0.4 is 0 Å². The zero-order valence-corrected chi connectivity index (χ0v) is 14.1. The number of hydrogen-bond donors (Lipinski definition) is 1. The number of likely N-dealkylation sites (tertiary alicyclic amines) is 1. The Morgan fingerprint density at radius 1 is 1.38 bits per heavy atom. The van der Waals surface area contributed by atoms with Crippen LogP contribution in [0.3, 0.4) is 0 Å². The number of nitrogens with zero attached hydrogens (tertiary/aromatic N) is 4. The van der Waals surface area contributed by atoms with E-state index in [-0.39, 0.29) is 6.54 Å². The minimum Gasteiger partial charge on any atom is -0.480 e. The SMILES string of the molecule is Cc1cccc(CCN2CCC[C@@H](c3ccnn3CC(=O)O)C2)n1. The van der Waals surface area contributed by atoms with Gasteiger partial charge < -0.3 is 10.0 Å². The minimum atomic E-state index is -0.849. The van der Waals surface area contributed by atoms with E-state index in [4.69, 9.17) is 5.11 Å². The van der Waals surface area contributed by atoms with Gasteiger partial charge in [-0.3, -0.25) is 14.5 Å². The van der Waals surface area contributed by atoms with Crippen LogP contribution in [-0.4, -0.2) is 50.4 Å². The summed E-state index contributed by atoms with van der Waals surface area (Å²) in [5.74, 6) is -0.496. The van der Waals surface area contributed by atoms with Crippen molar-refractivity contribution >= 4 is 5.97 Å². The van der Waals surface area contributed by atoms with E-state index in [1.807, 2.05) is 19.1 Å². The van der Waals surface area contributed by atoms with Crippen LogP contribution >= 0.6 is 0 Å². The lowest BCUT2D eigenvalue weighted by molar-refractivity contribution is -0.137. The Morgan fingerprint density at radius 3 is 3.04 bits per heavy atom. The van der Waals surface area contributed by atoms with E-state index in [2.05, 4.69) is 27.1 Å². The van der Waals surface area contributed by atoms with Gasteiger partial charge in [0.25, 0.3) is 0 Å². The number of rotatable bonds is 6. The van der Waals surface area contributed by atoms with Crippen molar-refractivity contribution in [3.8, 4) is 0 Å². The molecule has 3 heterocycles. The molecule has 0 saturated carbocycles. The second-order valence-electron chi connectivity index (χ2n) is 6.47. The smallest absolute Gasteiger partial charge is 0.325 e. The Labute approximate surface area is 142 Å². The number of carboxylic acid groups (broad SMARTS) is 1. The van der Waals surface area contributed by atoms with Gasteiger partial charge in [0, 0.05) is 48.7 Å². The number of aliphatic carboxylic acids is 1. The third-order valence-corrected chi connectivity index (χ3v) is 4.59. The van der Waals surface area contributed by atoms with Gasteiger partial charge in [-0.25, -0.2) is 0 Å². The second kappa shape index (κ2) is 7.57. The maximum atomic E-state index is 11.0. The molecule has 128 valence electrons. The Kier molecular flexibility index (Phi) is 5.25. The van der Waals surface area contributed by atoms with Gasteiger partial charge in [0.2, 0.25) is 0 Å². The average molecular weight is 328 g/mol. The summed E-state index contributed by atoms with van der Waals surface area (Å²) >= 11 is 0. The molecule has 0 bridgehead atoms. The van der Waals surface area contributed by atoms with Crippen LogP contribution in [0.1, 0.15) is 35.8 Å². The number of carbonyl (C=O) groups is 1. The summed E-state index contributed by atoms with van der Waals surface area (Å²) in [5, 5.41) is 13.2. The summed E-state index contributed by atoms with van der Waals surface area (Å²) in [4.78, 5) is 18.0. The predicted octanol–water partition coefficient (Wildman–Crippen LogP) is 2.09. The normalized spacial score (nSPS) is 18.6. The molecule has 1 saturated heterocycles. The number of aromatic nitrogens is 3. The Morgan fingerprint density at radius 2 is 2.25 bits per heavy atom. The largest absolute Gasteiger partial charge is 0.480 e. The molecule has 2 aromatic heterocycles. The average Bonchev–Trinajstić information content (AvgIpc) is 3.01. The molecular formula is C18H24N4O2. The van der Waals surface area contributed by atoms with Crippen molar-refractivity contribution in [3.63, 3.8) is 0 Å². The van der Waals surface area contributed by atoms with Gasteiger partial charge in [0.1, 0.15) is 6.54 Å². The van der Waals surface area contributed by atoms with Gasteiger partial charge in [-0.05, 0) is 44.5 Å². The molecule has 1 aliphatic rings. The minimum absolute atomic E-state index is 0.0634. The zero-order valence-electron chi connectivity index (χ0n) is 14.1. The monoisotopic (exact) mass is 328 g/mol. The van der Waals surface area contributed by atoms with E-state index in [0.717, 1.165) is 56.0 Å². The van der Waals surface area contributed by atoms with E-state index in [1.165, 1.54) is 0 Å². The van der Waals surface area contributed by atoms with Gasteiger partial charge in [-0.15, -0.1) is 0 Å². The Balaban J connectivity index is 1.60. The molecule has 6 nitrogen and oxygen atoms in total. The van der Waals surface area contributed by atoms with Crippen LogP contribution in [0.2, 0.25) is 0 Å². The lowest BCUT2D eigenvalue weighted by Crippen LogP contribution is -2.36. The molecule has 0 aromatic carbocycles. The fourth-order valence-corrected chi connectivity index (χ4v) is 3.46. The summed E-state index contributed by atoms with van der Waals surface area (Å²) in [6, 6.07) is 8.11. The Bertz CT molecular complexity index is 698. The lowest BCUT2D eigenvalue weighted by atomic mass is 9.94. The van der Waals surface area contributed by atoms with Gasteiger partial charge in [-0.1, -0.05) is 6.07 Å². The van der Waals surface area contributed by atoms with Crippen molar-refractivity contribution in [1.29, 1.82) is 0 Å². The molecule has 1 fully saturated rings.